The zero-order valence-electron chi connectivity index (χ0n) is 12.6. The maximum atomic E-state index is 5.99. The second kappa shape index (κ2) is 6.66. The molecule has 2 aromatic rings. The Balaban J connectivity index is 1.67. The molecule has 1 N–H and O–H groups in total. The van der Waals surface area contributed by atoms with Crippen molar-refractivity contribution in [3.63, 3.8) is 0 Å². The summed E-state index contributed by atoms with van der Waals surface area (Å²) in [4.78, 5) is 0. The summed E-state index contributed by atoms with van der Waals surface area (Å²) in [6.07, 6.45) is 5.45. The Kier molecular flexibility index (Phi) is 4.44. The van der Waals surface area contributed by atoms with E-state index in [0.29, 0.717) is 6.04 Å². The van der Waals surface area contributed by atoms with Gasteiger partial charge < -0.3 is 10.1 Å². The molecule has 2 nitrogen and oxygen atoms in total. The number of benzene rings is 2. The molecular formula is C19H23NO. The molecule has 1 unspecified atom stereocenters. The van der Waals surface area contributed by atoms with Gasteiger partial charge in [0, 0.05) is 6.04 Å². The fraction of sp³-hybridized carbons (Fsp3) is 0.368. The van der Waals surface area contributed by atoms with Crippen LogP contribution in [-0.4, -0.2) is 6.04 Å². The first kappa shape index (κ1) is 14.0. The smallest absolute Gasteiger partial charge is 0.150 e. The van der Waals surface area contributed by atoms with Crippen molar-refractivity contribution in [2.75, 3.05) is 5.32 Å². The molecule has 3 rings (SSSR count). The third-order valence-corrected chi connectivity index (χ3v) is 4.17. The van der Waals surface area contributed by atoms with E-state index in [1.165, 1.54) is 25.7 Å². The SMILES string of the molecule is CC(CC1CCC1)Nc1ccccc1Oc1ccccc1. The van der Waals surface area contributed by atoms with E-state index in [1.54, 1.807) is 0 Å². The molecule has 1 aliphatic carbocycles. The predicted octanol–water partition coefficient (Wildman–Crippen LogP) is 5.47. The van der Waals surface area contributed by atoms with Crippen LogP contribution in [0, 0.1) is 5.92 Å². The maximum absolute atomic E-state index is 5.99. The van der Waals surface area contributed by atoms with Gasteiger partial charge in [-0.1, -0.05) is 49.6 Å². The van der Waals surface area contributed by atoms with Gasteiger partial charge >= 0.3 is 0 Å². The Morgan fingerprint density at radius 3 is 2.48 bits per heavy atom. The van der Waals surface area contributed by atoms with Crippen molar-refractivity contribution >= 4 is 5.69 Å². The van der Waals surface area contributed by atoms with E-state index in [1.807, 2.05) is 42.5 Å². The van der Waals surface area contributed by atoms with Crippen LogP contribution < -0.4 is 10.1 Å². The molecule has 0 amide bonds. The molecule has 0 bridgehead atoms. The summed E-state index contributed by atoms with van der Waals surface area (Å²) >= 11 is 0. The first-order chi connectivity index (χ1) is 10.3. The van der Waals surface area contributed by atoms with Gasteiger partial charge in [-0.15, -0.1) is 0 Å². The number of anilines is 1. The van der Waals surface area contributed by atoms with Crippen molar-refractivity contribution in [3.8, 4) is 11.5 Å². The number of para-hydroxylation sites is 3. The summed E-state index contributed by atoms with van der Waals surface area (Å²) in [5.41, 5.74) is 1.08. The minimum Gasteiger partial charge on any atom is -0.455 e. The van der Waals surface area contributed by atoms with Gasteiger partial charge in [-0.2, -0.15) is 0 Å². The van der Waals surface area contributed by atoms with Crippen molar-refractivity contribution in [1.82, 2.24) is 0 Å². The lowest BCUT2D eigenvalue weighted by Gasteiger charge is -2.29. The van der Waals surface area contributed by atoms with Crippen molar-refractivity contribution < 1.29 is 4.74 Å². The van der Waals surface area contributed by atoms with Gasteiger partial charge in [-0.3, -0.25) is 0 Å². The molecule has 21 heavy (non-hydrogen) atoms. The third-order valence-electron chi connectivity index (χ3n) is 4.17. The molecule has 1 aliphatic rings. The summed E-state index contributed by atoms with van der Waals surface area (Å²) in [6.45, 7) is 2.26. The van der Waals surface area contributed by atoms with Gasteiger partial charge in [0.2, 0.25) is 0 Å². The molecule has 2 aromatic carbocycles. The monoisotopic (exact) mass is 281 g/mol. The van der Waals surface area contributed by atoms with Crippen LogP contribution in [0.4, 0.5) is 5.69 Å². The van der Waals surface area contributed by atoms with E-state index < -0.39 is 0 Å². The fourth-order valence-corrected chi connectivity index (χ4v) is 2.84. The van der Waals surface area contributed by atoms with Crippen LogP contribution in [0.25, 0.3) is 0 Å². The molecule has 0 saturated heterocycles. The highest BCUT2D eigenvalue weighted by Gasteiger charge is 2.20. The van der Waals surface area contributed by atoms with Crippen molar-refractivity contribution in [3.05, 3.63) is 54.6 Å². The first-order valence-corrected chi connectivity index (χ1v) is 7.90. The number of hydrogen-bond donors (Lipinski definition) is 1. The molecule has 0 heterocycles. The molecule has 0 radical (unpaired) electrons. The Morgan fingerprint density at radius 1 is 1.05 bits per heavy atom. The van der Waals surface area contributed by atoms with Gasteiger partial charge in [0.05, 0.1) is 5.69 Å². The summed E-state index contributed by atoms with van der Waals surface area (Å²) in [5, 5.41) is 3.60. The van der Waals surface area contributed by atoms with Crippen LogP contribution in [0.1, 0.15) is 32.6 Å². The van der Waals surface area contributed by atoms with Crippen LogP contribution in [-0.2, 0) is 0 Å². The van der Waals surface area contributed by atoms with Crippen molar-refractivity contribution in [2.45, 2.75) is 38.6 Å². The van der Waals surface area contributed by atoms with Crippen LogP contribution in [0.5, 0.6) is 11.5 Å². The highest BCUT2D eigenvalue weighted by molar-refractivity contribution is 5.57. The van der Waals surface area contributed by atoms with Gasteiger partial charge in [-0.05, 0) is 43.5 Å². The maximum Gasteiger partial charge on any atom is 0.150 e. The van der Waals surface area contributed by atoms with E-state index in [4.69, 9.17) is 4.74 Å². The zero-order valence-corrected chi connectivity index (χ0v) is 12.6. The third kappa shape index (κ3) is 3.78. The minimum atomic E-state index is 0.482. The van der Waals surface area contributed by atoms with Crippen molar-refractivity contribution in [2.24, 2.45) is 5.92 Å². The second-order valence-electron chi connectivity index (χ2n) is 5.99. The van der Waals surface area contributed by atoms with E-state index >= 15 is 0 Å². The van der Waals surface area contributed by atoms with Crippen LogP contribution in [0.2, 0.25) is 0 Å². The largest absolute Gasteiger partial charge is 0.455 e. The normalized spacial score (nSPS) is 16.0. The Hall–Kier alpha value is -1.96. The second-order valence-corrected chi connectivity index (χ2v) is 5.99. The molecule has 1 atom stereocenters. The Labute approximate surface area is 127 Å². The molecule has 1 fully saturated rings. The molecule has 110 valence electrons. The summed E-state index contributed by atoms with van der Waals surface area (Å²) in [6, 6.07) is 18.6. The fourth-order valence-electron chi connectivity index (χ4n) is 2.84. The van der Waals surface area contributed by atoms with E-state index in [9.17, 15) is 0 Å². The van der Waals surface area contributed by atoms with Gasteiger partial charge in [0.25, 0.3) is 0 Å². The number of hydrogen-bond acceptors (Lipinski definition) is 2. The lowest BCUT2D eigenvalue weighted by Crippen LogP contribution is -2.23. The molecule has 0 aromatic heterocycles. The van der Waals surface area contributed by atoms with Gasteiger partial charge in [-0.25, -0.2) is 0 Å². The molecule has 2 heteroatoms. The quantitative estimate of drug-likeness (QED) is 0.758. The lowest BCUT2D eigenvalue weighted by molar-refractivity contribution is 0.285. The first-order valence-electron chi connectivity index (χ1n) is 7.90. The standard InChI is InChI=1S/C19H23NO/c1-15(14-16-8-7-9-16)20-18-12-5-6-13-19(18)21-17-10-3-2-4-11-17/h2-6,10-13,15-16,20H,7-9,14H2,1H3. The Morgan fingerprint density at radius 2 is 1.76 bits per heavy atom. The van der Waals surface area contributed by atoms with Crippen LogP contribution in [0.15, 0.2) is 54.6 Å². The molecule has 0 spiro atoms. The average molecular weight is 281 g/mol. The van der Waals surface area contributed by atoms with E-state index in [2.05, 4.69) is 24.4 Å². The average Bonchev–Trinajstić information content (AvgIpc) is 2.46. The topological polar surface area (TPSA) is 21.3 Å². The molecular weight excluding hydrogens is 258 g/mol. The summed E-state index contributed by atoms with van der Waals surface area (Å²) in [7, 11) is 0. The number of rotatable bonds is 6. The molecule has 1 saturated carbocycles. The molecule has 0 aliphatic heterocycles. The summed E-state index contributed by atoms with van der Waals surface area (Å²) < 4.78 is 5.99. The number of nitrogens with one attached hydrogen (secondary N) is 1. The highest BCUT2D eigenvalue weighted by Crippen LogP contribution is 2.33. The number of ether oxygens (including phenoxy) is 1. The van der Waals surface area contributed by atoms with Crippen LogP contribution >= 0.6 is 0 Å². The van der Waals surface area contributed by atoms with Crippen LogP contribution in [0.3, 0.4) is 0 Å². The lowest BCUT2D eigenvalue weighted by atomic mass is 9.81. The Bertz CT molecular complexity index is 563. The zero-order chi connectivity index (χ0) is 14.5. The van der Waals surface area contributed by atoms with Gasteiger partial charge in [0.1, 0.15) is 5.75 Å². The summed E-state index contributed by atoms with van der Waals surface area (Å²) in [5.74, 6) is 2.68. The highest BCUT2D eigenvalue weighted by atomic mass is 16.5. The van der Waals surface area contributed by atoms with Crippen molar-refractivity contribution in [1.29, 1.82) is 0 Å². The van der Waals surface area contributed by atoms with E-state index in [-0.39, 0.29) is 0 Å². The predicted molar refractivity (Wildman–Crippen MR) is 88.0 cm³/mol. The van der Waals surface area contributed by atoms with E-state index in [0.717, 1.165) is 23.1 Å². The van der Waals surface area contributed by atoms with Gasteiger partial charge in [0.15, 0.2) is 5.75 Å². The minimum absolute atomic E-state index is 0.482.